The third kappa shape index (κ3) is 2.84. The van der Waals surface area contributed by atoms with Crippen LogP contribution in [0.4, 0.5) is 0 Å². The van der Waals surface area contributed by atoms with Crippen molar-refractivity contribution in [3.05, 3.63) is 28.8 Å². The van der Waals surface area contributed by atoms with Crippen molar-refractivity contribution >= 4 is 5.78 Å². The normalized spacial score (nSPS) is 32.5. The van der Waals surface area contributed by atoms with Gasteiger partial charge >= 0.3 is 0 Å². The summed E-state index contributed by atoms with van der Waals surface area (Å²) in [5.41, 5.74) is 2.34. The number of rotatable bonds is 6. The molecule has 0 heterocycles. The summed E-state index contributed by atoms with van der Waals surface area (Å²) in [6.45, 7) is 6.01. The molecule has 4 nitrogen and oxygen atoms in total. The van der Waals surface area contributed by atoms with E-state index in [1.54, 1.807) is 14.0 Å². The highest BCUT2D eigenvalue weighted by atomic mass is 16.5. The maximum absolute atomic E-state index is 12.3. The smallest absolute Gasteiger partial charge is 0.163 e. The molecule has 2 unspecified atom stereocenters. The molecule has 1 aromatic rings. The molecule has 0 bridgehead atoms. The first-order valence-electron chi connectivity index (χ1n) is 10.3. The Kier molecular flexibility index (Phi) is 5.69. The molecule has 2 aliphatic carbocycles. The molecule has 1 saturated carbocycles. The summed E-state index contributed by atoms with van der Waals surface area (Å²) in [5.74, 6) is 1.10. The van der Waals surface area contributed by atoms with Gasteiger partial charge in [0.25, 0.3) is 0 Å². The fourth-order valence-corrected chi connectivity index (χ4v) is 6.25. The second-order valence-corrected chi connectivity index (χ2v) is 8.37. The van der Waals surface area contributed by atoms with Gasteiger partial charge in [-0.3, -0.25) is 4.79 Å². The van der Waals surface area contributed by atoms with Crippen molar-refractivity contribution in [3.8, 4) is 5.75 Å². The number of hydrogen-bond acceptors (Lipinski definition) is 4. The van der Waals surface area contributed by atoms with Gasteiger partial charge in [0.05, 0.1) is 24.4 Å². The number of fused-ring (bicyclic) bond motifs is 3. The van der Waals surface area contributed by atoms with Crippen LogP contribution in [0.25, 0.3) is 0 Å². The number of carbonyl (C=O) groups excluding carboxylic acids is 1. The molecule has 4 heteroatoms. The van der Waals surface area contributed by atoms with Gasteiger partial charge in [0.1, 0.15) is 5.75 Å². The van der Waals surface area contributed by atoms with Crippen LogP contribution in [0.2, 0.25) is 0 Å². The summed E-state index contributed by atoms with van der Waals surface area (Å²) >= 11 is 0. The van der Waals surface area contributed by atoms with Crippen molar-refractivity contribution in [3.63, 3.8) is 0 Å². The molecule has 1 N–H and O–H groups in total. The van der Waals surface area contributed by atoms with Crippen LogP contribution < -0.4 is 4.74 Å². The van der Waals surface area contributed by atoms with Gasteiger partial charge < -0.3 is 14.6 Å². The lowest BCUT2D eigenvalue weighted by Crippen LogP contribution is -2.64. The molecule has 1 fully saturated rings. The first kappa shape index (κ1) is 20.3. The Balaban J connectivity index is 2.38. The molecule has 2 aliphatic rings. The van der Waals surface area contributed by atoms with Crippen molar-refractivity contribution in [2.75, 3.05) is 14.2 Å². The summed E-state index contributed by atoms with van der Waals surface area (Å²) in [6.07, 6.45) is 5.78. The maximum atomic E-state index is 12.3. The molecule has 3 rings (SSSR count). The van der Waals surface area contributed by atoms with E-state index in [-0.39, 0.29) is 22.9 Å². The molecule has 150 valence electrons. The molecular weight excluding hydrogens is 340 g/mol. The summed E-state index contributed by atoms with van der Waals surface area (Å²) in [6, 6.07) is 4.01. The lowest BCUT2D eigenvalue weighted by Gasteiger charge is -2.61. The topological polar surface area (TPSA) is 55.8 Å². The number of methoxy groups -OCH3 is 2. The van der Waals surface area contributed by atoms with Crippen molar-refractivity contribution in [1.82, 2.24) is 0 Å². The molecular formula is C23H34O4. The van der Waals surface area contributed by atoms with Crippen LogP contribution in [0, 0.1) is 5.92 Å². The highest BCUT2D eigenvalue weighted by Gasteiger charge is 2.62. The van der Waals surface area contributed by atoms with Crippen LogP contribution >= 0.6 is 0 Å². The van der Waals surface area contributed by atoms with Crippen molar-refractivity contribution in [2.24, 2.45) is 5.92 Å². The van der Waals surface area contributed by atoms with Crippen LogP contribution in [-0.4, -0.2) is 36.8 Å². The van der Waals surface area contributed by atoms with E-state index in [0.717, 1.165) is 44.1 Å². The quantitative estimate of drug-likeness (QED) is 0.748. The van der Waals surface area contributed by atoms with Crippen LogP contribution in [0.5, 0.6) is 5.75 Å². The largest absolute Gasteiger partial charge is 0.496 e. The third-order valence-electron chi connectivity index (χ3n) is 7.21. The van der Waals surface area contributed by atoms with E-state index in [1.165, 1.54) is 5.56 Å². The molecule has 0 aromatic heterocycles. The van der Waals surface area contributed by atoms with Crippen LogP contribution in [0.3, 0.4) is 0 Å². The van der Waals surface area contributed by atoms with Gasteiger partial charge in [-0.15, -0.1) is 0 Å². The van der Waals surface area contributed by atoms with E-state index < -0.39 is 0 Å². The first-order chi connectivity index (χ1) is 12.9. The number of aliphatic hydroxyl groups excluding tert-OH is 1. The van der Waals surface area contributed by atoms with Gasteiger partial charge in [0.2, 0.25) is 0 Å². The van der Waals surface area contributed by atoms with Crippen molar-refractivity contribution in [1.29, 1.82) is 0 Å². The minimum absolute atomic E-state index is 0.0123. The van der Waals surface area contributed by atoms with E-state index in [2.05, 4.69) is 19.9 Å². The lowest BCUT2D eigenvalue weighted by molar-refractivity contribution is -0.169. The van der Waals surface area contributed by atoms with Gasteiger partial charge in [-0.05, 0) is 56.6 Å². The third-order valence-corrected chi connectivity index (χ3v) is 7.21. The van der Waals surface area contributed by atoms with Crippen molar-refractivity contribution < 1.29 is 19.4 Å². The average molecular weight is 375 g/mol. The Morgan fingerprint density at radius 3 is 2.59 bits per heavy atom. The predicted octanol–water partition coefficient (Wildman–Crippen LogP) is 4.45. The maximum Gasteiger partial charge on any atom is 0.163 e. The fraction of sp³-hybridized carbons (Fsp3) is 0.696. The average Bonchev–Trinajstić information content (AvgIpc) is 2.66. The van der Waals surface area contributed by atoms with Crippen LogP contribution in [0.15, 0.2) is 12.1 Å². The Hall–Kier alpha value is -1.39. The number of ketones is 1. The molecule has 0 radical (unpaired) electrons. The van der Waals surface area contributed by atoms with E-state index >= 15 is 0 Å². The molecule has 0 amide bonds. The zero-order valence-electron chi connectivity index (χ0n) is 17.4. The van der Waals surface area contributed by atoms with E-state index in [4.69, 9.17) is 9.47 Å². The van der Waals surface area contributed by atoms with Gasteiger partial charge in [0, 0.05) is 18.1 Å². The Morgan fingerprint density at radius 2 is 2.04 bits per heavy atom. The first-order valence-corrected chi connectivity index (χ1v) is 10.3. The molecule has 0 saturated heterocycles. The predicted molar refractivity (Wildman–Crippen MR) is 107 cm³/mol. The standard InChI is InChI=1S/C23H34O4/c1-6-11-22-14-18(25)10-12-23(22,27-5)17(7-2)13-16-8-9-19(15(3)24)21(26-4)20(16)22/h8-9,17-18,25H,6-7,10-14H2,1-5H3/t17-,18?,22?,23-/m1/s1. The van der Waals surface area contributed by atoms with Gasteiger partial charge in [0.15, 0.2) is 5.78 Å². The van der Waals surface area contributed by atoms with E-state index in [1.807, 2.05) is 13.2 Å². The summed E-state index contributed by atoms with van der Waals surface area (Å²) < 4.78 is 12.3. The van der Waals surface area contributed by atoms with Gasteiger partial charge in [-0.25, -0.2) is 0 Å². The van der Waals surface area contributed by atoms with Crippen LogP contribution in [0.1, 0.15) is 80.8 Å². The number of hydrogen-bond donors (Lipinski definition) is 1. The van der Waals surface area contributed by atoms with Crippen LogP contribution in [-0.2, 0) is 16.6 Å². The highest BCUT2D eigenvalue weighted by Crippen LogP contribution is 2.61. The number of Topliss-reactive ketones (excluding diaryl/α,β-unsaturated/α-hetero) is 1. The highest BCUT2D eigenvalue weighted by molar-refractivity contribution is 5.97. The Bertz CT molecular complexity index is 713. The lowest BCUT2D eigenvalue weighted by atomic mass is 9.48. The number of benzene rings is 1. The van der Waals surface area contributed by atoms with E-state index in [0.29, 0.717) is 23.7 Å². The monoisotopic (exact) mass is 374 g/mol. The van der Waals surface area contributed by atoms with Gasteiger partial charge in [-0.1, -0.05) is 32.8 Å². The molecule has 0 aliphatic heterocycles. The van der Waals surface area contributed by atoms with E-state index in [9.17, 15) is 9.90 Å². The minimum atomic E-state index is -0.353. The second-order valence-electron chi connectivity index (χ2n) is 8.37. The molecule has 4 atom stereocenters. The SMILES string of the molecule is CCCC12CC(O)CC[C@@]1(OC)[C@H](CC)Cc1ccc(C(C)=O)c(OC)c12. The molecule has 1 aromatic carbocycles. The minimum Gasteiger partial charge on any atom is -0.496 e. The fourth-order valence-electron chi connectivity index (χ4n) is 6.25. The number of aliphatic hydroxyl groups is 1. The molecule has 0 spiro atoms. The molecule has 27 heavy (non-hydrogen) atoms. The van der Waals surface area contributed by atoms with Crippen molar-refractivity contribution in [2.45, 2.75) is 82.8 Å². The summed E-state index contributed by atoms with van der Waals surface area (Å²) in [7, 11) is 3.48. The summed E-state index contributed by atoms with van der Waals surface area (Å²) in [4.78, 5) is 12.3. The zero-order valence-corrected chi connectivity index (χ0v) is 17.4. The zero-order chi connectivity index (χ0) is 19.8. The number of ether oxygens (including phenoxy) is 2. The number of carbonyl (C=O) groups is 1. The van der Waals surface area contributed by atoms with Gasteiger partial charge in [-0.2, -0.15) is 0 Å². The second kappa shape index (κ2) is 7.56. The summed E-state index contributed by atoms with van der Waals surface area (Å²) in [5, 5.41) is 10.7. The Labute approximate surface area is 163 Å². The Morgan fingerprint density at radius 1 is 1.30 bits per heavy atom.